The molecule has 1 fully saturated rings. The van der Waals surface area contributed by atoms with Crippen molar-refractivity contribution < 1.29 is 13.2 Å². The highest BCUT2D eigenvalue weighted by Crippen LogP contribution is 2.27. The highest BCUT2D eigenvalue weighted by atomic mass is 32.2. The van der Waals surface area contributed by atoms with Crippen molar-refractivity contribution in [2.75, 3.05) is 13.1 Å². The normalized spacial score (nSPS) is 15.9. The SMILES string of the molecule is Cc1ncc(CNC(=O)c2sccc2S(=O)(=O)N2CCCC2)s1. The lowest BCUT2D eigenvalue weighted by atomic mass is 10.4. The maximum Gasteiger partial charge on any atom is 0.263 e. The fourth-order valence-electron chi connectivity index (χ4n) is 2.47. The number of hydrogen-bond donors (Lipinski definition) is 1. The molecule has 23 heavy (non-hydrogen) atoms. The van der Waals surface area contributed by atoms with E-state index in [0.29, 0.717) is 19.6 Å². The molecule has 1 aliphatic rings. The Kier molecular flexibility index (Phi) is 4.81. The fraction of sp³-hybridized carbons (Fsp3) is 0.429. The first-order valence-corrected chi connectivity index (χ1v) is 10.4. The Bertz CT molecular complexity index is 804. The number of aryl methyl sites for hydroxylation is 1. The number of thiazole rings is 1. The summed E-state index contributed by atoms with van der Waals surface area (Å²) >= 11 is 2.66. The molecule has 1 saturated heterocycles. The molecule has 0 bridgehead atoms. The lowest BCUT2D eigenvalue weighted by Gasteiger charge is -2.15. The Balaban J connectivity index is 1.76. The molecule has 2 aromatic heterocycles. The average molecular weight is 372 g/mol. The minimum Gasteiger partial charge on any atom is -0.346 e. The first kappa shape index (κ1) is 16.6. The van der Waals surface area contributed by atoms with Gasteiger partial charge >= 0.3 is 0 Å². The number of rotatable bonds is 5. The van der Waals surface area contributed by atoms with E-state index in [2.05, 4.69) is 10.3 Å². The summed E-state index contributed by atoms with van der Waals surface area (Å²) in [7, 11) is -3.58. The molecule has 3 heterocycles. The van der Waals surface area contributed by atoms with Crippen LogP contribution in [0.25, 0.3) is 0 Å². The summed E-state index contributed by atoms with van der Waals surface area (Å²) in [4.78, 5) is 17.8. The standard InChI is InChI=1S/C14H17N3O3S3/c1-10-15-8-11(22-10)9-16-14(18)13-12(4-7-21-13)23(19,20)17-5-2-3-6-17/h4,7-8H,2-3,5-6,9H2,1H3,(H,16,18). The number of amides is 1. The molecule has 6 nitrogen and oxygen atoms in total. The molecule has 0 unspecified atom stereocenters. The zero-order valence-corrected chi connectivity index (χ0v) is 15.1. The van der Waals surface area contributed by atoms with E-state index in [1.807, 2.05) is 6.92 Å². The number of carbonyl (C=O) groups is 1. The average Bonchev–Trinajstić information content (AvgIpc) is 3.25. The van der Waals surface area contributed by atoms with Crippen molar-refractivity contribution in [2.45, 2.75) is 31.2 Å². The number of aromatic nitrogens is 1. The third-order valence-electron chi connectivity index (χ3n) is 3.61. The lowest BCUT2D eigenvalue weighted by Crippen LogP contribution is -2.30. The van der Waals surface area contributed by atoms with E-state index in [0.717, 1.165) is 34.1 Å². The molecule has 9 heteroatoms. The molecule has 0 spiro atoms. The lowest BCUT2D eigenvalue weighted by molar-refractivity contribution is 0.0952. The molecule has 0 atom stereocenters. The van der Waals surface area contributed by atoms with E-state index in [1.54, 1.807) is 11.6 Å². The van der Waals surface area contributed by atoms with Gasteiger partial charge in [-0.1, -0.05) is 0 Å². The van der Waals surface area contributed by atoms with Crippen molar-refractivity contribution in [3.8, 4) is 0 Å². The summed E-state index contributed by atoms with van der Waals surface area (Å²) < 4.78 is 26.7. The van der Waals surface area contributed by atoms with Gasteiger partial charge in [-0.25, -0.2) is 13.4 Å². The van der Waals surface area contributed by atoms with Crippen molar-refractivity contribution in [2.24, 2.45) is 0 Å². The van der Waals surface area contributed by atoms with Gasteiger partial charge in [0.05, 0.1) is 11.6 Å². The summed E-state index contributed by atoms with van der Waals surface area (Å²) in [6, 6.07) is 1.52. The minimum atomic E-state index is -3.58. The van der Waals surface area contributed by atoms with Gasteiger partial charge in [0.15, 0.2) is 0 Å². The van der Waals surface area contributed by atoms with Crippen molar-refractivity contribution in [3.05, 3.63) is 32.4 Å². The minimum absolute atomic E-state index is 0.113. The first-order valence-electron chi connectivity index (χ1n) is 7.25. The van der Waals surface area contributed by atoms with Crippen LogP contribution < -0.4 is 5.32 Å². The van der Waals surface area contributed by atoms with Crippen LogP contribution >= 0.6 is 22.7 Å². The van der Waals surface area contributed by atoms with E-state index < -0.39 is 10.0 Å². The van der Waals surface area contributed by atoms with Crippen LogP contribution in [0, 0.1) is 6.92 Å². The quantitative estimate of drug-likeness (QED) is 0.874. The van der Waals surface area contributed by atoms with Crippen molar-refractivity contribution in [1.29, 1.82) is 0 Å². The first-order chi connectivity index (χ1) is 11.0. The van der Waals surface area contributed by atoms with Gasteiger partial charge < -0.3 is 5.32 Å². The number of thiophene rings is 1. The fourth-order valence-corrected chi connectivity index (χ4v) is 6.04. The molecule has 1 aliphatic heterocycles. The third-order valence-corrected chi connectivity index (χ3v) is 7.51. The van der Waals surface area contributed by atoms with Crippen LogP contribution in [0.3, 0.4) is 0 Å². The molecule has 3 rings (SSSR count). The van der Waals surface area contributed by atoms with Crippen LogP contribution in [-0.2, 0) is 16.6 Å². The number of nitrogens with one attached hydrogen (secondary N) is 1. The van der Waals surface area contributed by atoms with Gasteiger partial charge in [0.1, 0.15) is 9.77 Å². The van der Waals surface area contributed by atoms with Crippen LogP contribution in [0.5, 0.6) is 0 Å². The summed E-state index contributed by atoms with van der Waals surface area (Å²) in [5.41, 5.74) is 0. The van der Waals surface area contributed by atoms with E-state index in [4.69, 9.17) is 0 Å². The Morgan fingerprint density at radius 2 is 2.13 bits per heavy atom. The summed E-state index contributed by atoms with van der Waals surface area (Å²) in [5.74, 6) is -0.358. The summed E-state index contributed by atoms with van der Waals surface area (Å²) in [6.07, 6.45) is 3.46. The smallest absolute Gasteiger partial charge is 0.263 e. The van der Waals surface area contributed by atoms with Gasteiger partial charge in [-0.3, -0.25) is 4.79 Å². The van der Waals surface area contributed by atoms with E-state index in [-0.39, 0.29) is 15.7 Å². The second-order valence-corrected chi connectivity index (χ2v) is 9.40. The van der Waals surface area contributed by atoms with Crippen LogP contribution in [0.1, 0.15) is 32.4 Å². The molecule has 0 aromatic carbocycles. The van der Waals surface area contributed by atoms with Crippen molar-refractivity contribution >= 4 is 38.6 Å². The predicted octanol–water partition coefficient (Wildman–Crippen LogP) is 2.23. The molecule has 1 amide bonds. The Morgan fingerprint density at radius 1 is 1.39 bits per heavy atom. The summed E-state index contributed by atoms with van der Waals surface area (Å²) in [6.45, 7) is 3.31. The van der Waals surface area contributed by atoms with Gasteiger partial charge in [0, 0.05) is 24.2 Å². The topological polar surface area (TPSA) is 79.4 Å². The van der Waals surface area contributed by atoms with Gasteiger partial charge in [0.25, 0.3) is 5.91 Å². The monoisotopic (exact) mass is 371 g/mol. The Labute approximate surface area is 143 Å². The largest absolute Gasteiger partial charge is 0.346 e. The van der Waals surface area contributed by atoms with E-state index >= 15 is 0 Å². The molecule has 1 N–H and O–H groups in total. The van der Waals surface area contributed by atoms with E-state index in [1.165, 1.54) is 21.7 Å². The molecule has 0 radical (unpaired) electrons. The van der Waals surface area contributed by atoms with Gasteiger partial charge in [0.2, 0.25) is 10.0 Å². The van der Waals surface area contributed by atoms with Crippen LogP contribution in [0.15, 0.2) is 22.5 Å². The molecule has 0 saturated carbocycles. The molecule has 124 valence electrons. The second kappa shape index (κ2) is 6.68. The van der Waals surface area contributed by atoms with Crippen LogP contribution in [0.4, 0.5) is 0 Å². The number of sulfonamides is 1. The highest BCUT2D eigenvalue weighted by molar-refractivity contribution is 7.89. The zero-order chi connectivity index (χ0) is 16.4. The van der Waals surface area contributed by atoms with Crippen molar-refractivity contribution in [3.63, 3.8) is 0 Å². The van der Waals surface area contributed by atoms with Crippen molar-refractivity contribution in [1.82, 2.24) is 14.6 Å². The van der Waals surface area contributed by atoms with Gasteiger partial charge in [-0.05, 0) is 31.2 Å². The van der Waals surface area contributed by atoms with E-state index in [9.17, 15) is 13.2 Å². The third kappa shape index (κ3) is 3.47. The Morgan fingerprint density at radius 3 is 2.78 bits per heavy atom. The molecule has 0 aliphatic carbocycles. The molecule has 2 aromatic rings. The number of hydrogen-bond acceptors (Lipinski definition) is 6. The molecular formula is C14H17N3O3S3. The number of nitrogens with zero attached hydrogens (tertiary/aromatic N) is 2. The van der Waals surface area contributed by atoms with Gasteiger partial charge in [-0.15, -0.1) is 22.7 Å². The van der Waals surface area contributed by atoms with Gasteiger partial charge in [-0.2, -0.15) is 4.31 Å². The second-order valence-electron chi connectivity index (χ2n) is 5.25. The maximum absolute atomic E-state index is 12.6. The maximum atomic E-state index is 12.6. The summed E-state index contributed by atoms with van der Waals surface area (Å²) in [5, 5.41) is 5.36. The van der Waals surface area contributed by atoms with Crippen LogP contribution in [0.2, 0.25) is 0 Å². The Hall–Kier alpha value is -1.29. The van der Waals surface area contributed by atoms with Crippen LogP contribution in [-0.4, -0.2) is 36.7 Å². The highest BCUT2D eigenvalue weighted by Gasteiger charge is 2.31. The zero-order valence-electron chi connectivity index (χ0n) is 12.6. The number of carbonyl (C=O) groups excluding carboxylic acids is 1. The predicted molar refractivity (Wildman–Crippen MR) is 90.3 cm³/mol. The molecular weight excluding hydrogens is 354 g/mol.